The molecule has 1 aromatic carbocycles. The van der Waals surface area contributed by atoms with E-state index in [1.54, 1.807) is 44.2 Å². The van der Waals surface area contributed by atoms with Crippen LogP contribution in [0, 0.1) is 0 Å². The molecule has 7 atom stereocenters. The van der Waals surface area contributed by atoms with Crippen LogP contribution in [-0.2, 0) is 83.0 Å². The minimum Gasteiger partial charge on any atom is -0.481 e. The van der Waals surface area contributed by atoms with E-state index in [1.807, 2.05) is 27.7 Å². The molecule has 598 valence electrons. The summed E-state index contributed by atoms with van der Waals surface area (Å²) in [5.41, 5.74) is 11.3. The maximum absolute atomic E-state index is 14.6. The first-order valence-electron chi connectivity index (χ1n) is 34.3. The van der Waals surface area contributed by atoms with Gasteiger partial charge in [-0.1, -0.05) is 62.2 Å². The molecule has 2 fully saturated rings. The third kappa shape index (κ3) is 38.3. The summed E-state index contributed by atoms with van der Waals surface area (Å²) in [5, 5.41) is 81.4. The van der Waals surface area contributed by atoms with E-state index in [0.29, 0.717) is 56.3 Å². The second-order valence-electron chi connectivity index (χ2n) is 25.5. The normalized spacial score (nSPS) is 20.3. The quantitative estimate of drug-likeness (QED) is 0.00732. The highest BCUT2D eigenvalue weighted by atomic mass is 33.1. The van der Waals surface area contributed by atoms with Gasteiger partial charge in [-0.2, -0.15) is 0 Å². The maximum atomic E-state index is 14.6. The highest BCUT2D eigenvalue weighted by Crippen LogP contribution is 2.24. The monoisotopic (exact) mass is 1570 g/mol. The van der Waals surface area contributed by atoms with Gasteiger partial charge in [0.05, 0.1) is 80.6 Å². The Morgan fingerprint density at radius 1 is 0.570 bits per heavy atom. The van der Waals surface area contributed by atoms with E-state index in [1.165, 1.54) is 0 Å². The van der Waals surface area contributed by atoms with Crippen molar-refractivity contribution in [2.24, 2.45) is 26.8 Å². The van der Waals surface area contributed by atoms with Crippen molar-refractivity contribution in [1.82, 2.24) is 79.3 Å². The number of benzene rings is 1. The van der Waals surface area contributed by atoms with E-state index in [-0.39, 0.29) is 95.9 Å². The summed E-state index contributed by atoms with van der Waals surface area (Å²) in [6, 6.07) is -3.47. The lowest BCUT2D eigenvalue weighted by molar-refractivity contribution is -0.141. The Morgan fingerprint density at radius 3 is 1.57 bits per heavy atom. The zero-order valence-corrected chi connectivity index (χ0v) is 63.3. The van der Waals surface area contributed by atoms with Crippen LogP contribution in [0.5, 0.6) is 0 Å². The lowest BCUT2D eigenvalue weighted by atomic mass is 9.99. The number of aliphatic carboxylic acids is 2. The zero-order chi connectivity index (χ0) is 79.5. The molecular formula is C64H104N20O20S3. The van der Waals surface area contributed by atoms with Gasteiger partial charge in [-0.25, -0.2) is 0 Å². The molecule has 0 saturated carbocycles. The average Bonchev–Trinajstić information content (AvgIpc) is 1.81. The zero-order valence-electron chi connectivity index (χ0n) is 60.8. The fourth-order valence-electron chi connectivity index (χ4n) is 9.64. The van der Waals surface area contributed by atoms with Gasteiger partial charge in [0.1, 0.15) is 42.3 Å². The van der Waals surface area contributed by atoms with Crippen LogP contribution < -0.4 is 85.9 Å². The van der Waals surface area contributed by atoms with Crippen molar-refractivity contribution >= 4 is 134 Å². The molecule has 0 unspecified atom stereocenters. The molecule has 2 bridgehead atoms. The number of carboxylic acids is 2. The van der Waals surface area contributed by atoms with Crippen LogP contribution in [0.25, 0.3) is 0 Å². The molecule has 0 radical (unpaired) electrons. The fraction of sp³-hybridized carbons (Fsp3) is 0.641. The molecule has 43 heteroatoms. The topological polar surface area (TPSA) is 599 Å². The largest absolute Gasteiger partial charge is 0.481 e. The molecule has 2 aliphatic heterocycles. The number of hydrogen-bond donors (Lipinski definition) is 20. The van der Waals surface area contributed by atoms with Crippen molar-refractivity contribution in [3.8, 4) is 0 Å². The first-order valence-corrected chi connectivity index (χ1v) is 38.0. The summed E-state index contributed by atoms with van der Waals surface area (Å²) < 4.78 is 11.1. The predicted molar refractivity (Wildman–Crippen MR) is 397 cm³/mol. The number of carbonyl (C=O) groups is 14. The number of carbonyl (C=O) groups excluding carboxylic acids is 12. The number of nitrogens with two attached hydrogens (primary N) is 2. The number of ether oxygens (including phenoxy) is 2. The number of nitrogens with zero attached hydrogens (tertiary/aromatic N) is 4. The van der Waals surface area contributed by atoms with Gasteiger partial charge in [-0.15, -0.1) is 11.8 Å². The summed E-state index contributed by atoms with van der Waals surface area (Å²) in [7, 11) is 1.64. The van der Waals surface area contributed by atoms with E-state index < -0.39 is 173 Å². The number of carboxylic acid groups (broad SMARTS) is 2. The van der Waals surface area contributed by atoms with Gasteiger partial charge in [0.25, 0.3) is 0 Å². The molecule has 0 spiro atoms. The Balaban J connectivity index is 1.68. The average molecular weight is 1570 g/mol. The van der Waals surface area contributed by atoms with Crippen LogP contribution >= 0.6 is 33.3 Å². The van der Waals surface area contributed by atoms with E-state index in [4.69, 9.17) is 20.9 Å². The van der Waals surface area contributed by atoms with Crippen LogP contribution in [0.3, 0.4) is 0 Å². The van der Waals surface area contributed by atoms with Crippen molar-refractivity contribution in [2.75, 3.05) is 121 Å². The Hall–Kier alpha value is -9.14. The Kier molecular flexibility index (Phi) is 42.7. The van der Waals surface area contributed by atoms with E-state index in [0.717, 1.165) is 33.3 Å². The number of hydrogen-bond acceptors (Lipinski definition) is 27. The summed E-state index contributed by atoms with van der Waals surface area (Å²) in [5.74, 6) is -16.1. The summed E-state index contributed by atoms with van der Waals surface area (Å²) in [6.07, 6.45) is -2.52. The molecular weight excluding hydrogens is 1470 g/mol. The predicted octanol–water partition coefficient (Wildman–Crippen LogP) is -6.10. The second kappa shape index (κ2) is 49.7. The first-order chi connectivity index (χ1) is 50.7. The summed E-state index contributed by atoms with van der Waals surface area (Å²) in [4.78, 5) is 194. The van der Waals surface area contributed by atoms with Gasteiger partial charge >= 0.3 is 11.9 Å². The molecule has 2 heterocycles. The molecule has 3 rings (SSSR count). The van der Waals surface area contributed by atoms with Crippen LogP contribution in [0.2, 0.25) is 0 Å². The van der Waals surface area contributed by atoms with Gasteiger partial charge in [-0.05, 0) is 59.9 Å². The summed E-state index contributed by atoms with van der Waals surface area (Å²) in [6.45, 7) is 12.9. The number of thioether (sulfide) groups is 1. The van der Waals surface area contributed by atoms with Gasteiger partial charge in [0, 0.05) is 95.4 Å². The molecule has 1 aromatic rings. The van der Waals surface area contributed by atoms with E-state index >= 15 is 0 Å². The number of oxime groups is 2. The SMILES string of the molecule is C/C(=N/O)C(C)(C)NCCN(CCNC(=O)CCC(=O)NCCOCCOCCNC(=O)CNC(=O)[C@@H]1CSCC(=O)N[C@@H](CC(=O)O)C(=O)N[C@H]2CSSC[C@H](NC(=O)[C@H](CC(=O)O)NC(=O)CNC(=O)[C@H](CCCN=C(N)N)NC2=O)C(=O)N[C@@H](Cc2ccccc2)C(=O)N1)CCNC(C)(C)/C(C)=N\O. The molecule has 2 aliphatic rings. The fourth-order valence-corrected chi connectivity index (χ4v) is 12.8. The number of rotatable bonds is 38. The molecule has 0 aromatic heterocycles. The van der Waals surface area contributed by atoms with Gasteiger partial charge < -0.3 is 116 Å². The number of aliphatic imine (C=N–C) groups is 1. The minimum absolute atomic E-state index is 0.00493. The van der Waals surface area contributed by atoms with Crippen molar-refractivity contribution in [3.63, 3.8) is 0 Å². The Bertz CT molecular complexity index is 3210. The molecule has 107 heavy (non-hydrogen) atoms. The van der Waals surface area contributed by atoms with Gasteiger partial charge in [0.2, 0.25) is 70.9 Å². The molecule has 22 N–H and O–H groups in total. The van der Waals surface area contributed by atoms with Gasteiger partial charge in [0.15, 0.2) is 5.96 Å². The Labute approximate surface area is 631 Å². The summed E-state index contributed by atoms with van der Waals surface area (Å²) >= 11 is 0.721. The number of nitrogens with one attached hydrogen (secondary N) is 14. The Morgan fingerprint density at radius 2 is 1.06 bits per heavy atom. The van der Waals surface area contributed by atoms with Crippen molar-refractivity contribution in [1.29, 1.82) is 0 Å². The molecule has 12 amide bonds. The third-order valence-corrected chi connectivity index (χ3v) is 19.8. The molecule has 2 saturated heterocycles. The number of guanidine groups is 1. The van der Waals surface area contributed by atoms with Crippen molar-refractivity contribution in [3.05, 3.63) is 35.9 Å². The highest BCUT2D eigenvalue weighted by Gasteiger charge is 2.36. The smallest absolute Gasteiger partial charge is 0.305 e. The van der Waals surface area contributed by atoms with Crippen LogP contribution in [0.15, 0.2) is 45.6 Å². The van der Waals surface area contributed by atoms with Crippen LogP contribution in [-0.4, -0.2) is 301 Å². The van der Waals surface area contributed by atoms with Crippen LogP contribution in [0.4, 0.5) is 0 Å². The standard InChI is InChI=1S/C64H104N20O20S3/c1-38(82-101)63(3,4)73-18-23-84(24-19-74-64(5,6)39(2)83-102)22-17-67-48(85)14-15-49(86)68-20-25-103-27-28-104-26-21-69-50(87)32-71-56(95)45-34-105-37-52(89)76-44(31-54(92)93)59(98)80-46-35-106-107-36-47(61(100)78-42(57(96)79-45)29-40-11-8-7-9-12-40)81-58(97)43(30-53(90)91)75-51(88)33-72-55(94)41(77-60(46)99)13-10-16-70-62(65)66/h7-9,11-12,41-47,73-74,101-102H,10,13-37H2,1-6H3,(H,67,85)(H,68,86)(H,69,87)(H,71,95)(H,72,94)(H,75,88)(H,76,89)(H,77,99)(H,78,100)(H,79,96)(H,80,98)(H,81,97)(H,90,91)(H,92,93)(H4,65,66,70)/b82-38-,83-39-/t41-,42-,43-,44-,45-,46-,47-/m0/s1. The molecule has 40 nitrogen and oxygen atoms in total. The lowest BCUT2D eigenvalue weighted by Crippen LogP contribution is -2.60. The number of amides is 12. The second-order valence-corrected chi connectivity index (χ2v) is 29.1. The number of fused-ring (bicyclic) bond motifs is 5. The first kappa shape index (κ1) is 92.1. The lowest BCUT2D eigenvalue weighted by Gasteiger charge is -2.30. The highest BCUT2D eigenvalue weighted by molar-refractivity contribution is 8.76. The van der Waals surface area contributed by atoms with Crippen LogP contribution in [0.1, 0.15) is 85.6 Å². The van der Waals surface area contributed by atoms with E-state index in [2.05, 4.69) is 94.6 Å². The molecule has 0 aliphatic carbocycles. The maximum Gasteiger partial charge on any atom is 0.305 e. The van der Waals surface area contributed by atoms with Crippen molar-refractivity contribution in [2.45, 2.75) is 140 Å². The van der Waals surface area contributed by atoms with Gasteiger partial charge in [-0.3, -0.25) is 77.0 Å². The minimum atomic E-state index is -1.87. The van der Waals surface area contributed by atoms with E-state index in [9.17, 15) is 87.8 Å². The third-order valence-electron chi connectivity index (χ3n) is 16.3. The van der Waals surface area contributed by atoms with Crippen molar-refractivity contribution < 1.29 is 97.2 Å².